The Morgan fingerprint density at radius 3 is 2.30 bits per heavy atom. The fraction of sp³-hybridized carbons (Fsp3) is 1.00. The van der Waals surface area contributed by atoms with Crippen LogP contribution in [0.4, 0.5) is 0 Å². The van der Waals surface area contributed by atoms with Gasteiger partial charge in [-0.3, -0.25) is 0 Å². The smallest absolute Gasteiger partial charge is 0.0809 e. The summed E-state index contributed by atoms with van der Waals surface area (Å²) in [5.41, 5.74) is 0. The highest BCUT2D eigenvalue weighted by Crippen LogP contribution is 2.24. The lowest BCUT2D eigenvalue weighted by Crippen LogP contribution is -2.40. The molecule has 0 amide bonds. The normalized spacial score (nSPS) is 49.2. The molecule has 0 spiro atoms. The van der Waals surface area contributed by atoms with Gasteiger partial charge in [-0.1, -0.05) is 6.92 Å². The van der Waals surface area contributed by atoms with Crippen LogP contribution >= 0.6 is 0 Å². The van der Waals surface area contributed by atoms with Crippen molar-refractivity contribution in [1.82, 2.24) is 0 Å². The van der Waals surface area contributed by atoms with Crippen LogP contribution in [0.5, 0.6) is 0 Å². The minimum atomic E-state index is -0.258. The quantitative estimate of drug-likeness (QED) is 0.553. The molecule has 0 radical (unpaired) electrons. The first-order valence-corrected chi connectivity index (χ1v) is 3.94. The van der Waals surface area contributed by atoms with Crippen LogP contribution in [-0.2, 0) is 4.74 Å². The fourth-order valence-corrected chi connectivity index (χ4v) is 1.33. The van der Waals surface area contributed by atoms with E-state index in [2.05, 4.69) is 13.8 Å². The second-order valence-electron chi connectivity index (χ2n) is 3.33. The third kappa shape index (κ3) is 1.50. The number of rotatable bonds is 0. The summed E-state index contributed by atoms with van der Waals surface area (Å²) in [6.45, 7) is 6.10. The predicted octanol–water partition coefficient (Wildman–Crippen LogP) is 1.18. The molecular weight excluding hydrogens is 128 g/mol. The zero-order valence-corrected chi connectivity index (χ0v) is 6.87. The number of aliphatic hydroxyl groups is 1. The molecule has 1 N–H and O–H groups in total. The predicted molar refractivity (Wildman–Crippen MR) is 39.8 cm³/mol. The molecule has 0 bridgehead atoms. The molecule has 1 aliphatic rings. The van der Waals surface area contributed by atoms with Crippen LogP contribution in [0, 0.1) is 5.92 Å². The van der Waals surface area contributed by atoms with Crippen molar-refractivity contribution < 1.29 is 9.84 Å². The van der Waals surface area contributed by atoms with Crippen molar-refractivity contribution in [2.75, 3.05) is 0 Å². The van der Waals surface area contributed by atoms with Crippen LogP contribution in [0.3, 0.4) is 0 Å². The molecule has 1 fully saturated rings. The first kappa shape index (κ1) is 8.02. The second kappa shape index (κ2) is 2.89. The van der Waals surface area contributed by atoms with Gasteiger partial charge in [-0.15, -0.1) is 0 Å². The fourth-order valence-electron chi connectivity index (χ4n) is 1.33. The highest BCUT2D eigenvalue weighted by atomic mass is 16.5. The third-order valence-corrected chi connectivity index (χ3v) is 2.39. The molecular formula is C8H16O2. The van der Waals surface area contributed by atoms with Crippen molar-refractivity contribution in [2.45, 2.75) is 45.5 Å². The molecule has 4 atom stereocenters. The van der Waals surface area contributed by atoms with E-state index in [1.165, 1.54) is 0 Å². The summed E-state index contributed by atoms with van der Waals surface area (Å²) in [5, 5.41) is 9.34. The molecule has 60 valence electrons. The molecule has 0 saturated carbocycles. The van der Waals surface area contributed by atoms with Gasteiger partial charge in [0.05, 0.1) is 18.3 Å². The summed E-state index contributed by atoms with van der Waals surface area (Å²) in [5.74, 6) is 0.492. The Labute approximate surface area is 62.2 Å². The maximum Gasteiger partial charge on any atom is 0.0809 e. The van der Waals surface area contributed by atoms with Gasteiger partial charge in [0.2, 0.25) is 0 Å². The summed E-state index contributed by atoms with van der Waals surface area (Å²) in [7, 11) is 0. The minimum Gasteiger partial charge on any atom is -0.390 e. The van der Waals surface area contributed by atoms with Gasteiger partial charge in [0.1, 0.15) is 0 Å². The molecule has 2 nitrogen and oxygen atoms in total. The molecule has 0 aromatic carbocycles. The second-order valence-corrected chi connectivity index (χ2v) is 3.33. The molecule has 1 saturated heterocycles. The molecule has 2 heteroatoms. The van der Waals surface area contributed by atoms with Crippen LogP contribution in [0.1, 0.15) is 27.2 Å². The Hall–Kier alpha value is -0.0800. The largest absolute Gasteiger partial charge is 0.390 e. The van der Waals surface area contributed by atoms with Crippen LogP contribution in [0.15, 0.2) is 0 Å². The van der Waals surface area contributed by atoms with E-state index in [1.807, 2.05) is 6.92 Å². The van der Waals surface area contributed by atoms with E-state index in [9.17, 15) is 5.11 Å². The lowest BCUT2D eigenvalue weighted by Gasteiger charge is -2.34. The van der Waals surface area contributed by atoms with Crippen molar-refractivity contribution in [2.24, 2.45) is 5.92 Å². The van der Waals surface area contributed by atoms with Gasteiger partial charge in [0, 0.05) is 0 Å². The molecule has 0 aliphatic carbocycles. The topological polar surface area (TPSA) is 29.5 Å². The maximum absolute atomic E-state index is 9.34. The van der Waals surface area contributed by atoms with Gasteiger partial charge in [-0.2, -0.15) is 0 Å². The van der Waals surface area contributed by atoms with Crippen LogP contribution in [0.2, 0.25) is 0 Å². The zero-order valence-electron chi connectivity index (χ0n) is 6.87. The van der Waals surface area contributed by atoms with Crippen molar-refractivity contribution >= 4 is 0 Å². The molecule has 2 unspecified atom stereocenters. The number of hydrogen-bond acceptors (Lipinski definition) is 2. The summed E-state index contributed by atoms with van der Waals surface area (Å²) < 4.78 is 5.46. The zero-order chi connectivity index (χ0) is 7.72. The number of ether oxygens (including phenoxy) is 1. The van der Waals surface area contributed by atoms with E-state index in [1.54, 1.807) is 0 Å². The van der Waals surface area contributed by atoms with E-state index in [4.69, 9.17) is 4.74 Å². The highest BCUT2D eigenvalue weighted by molar-refractivity contribution is 4.77. The van der Waals surface area contributed by atoms with Gasteiger partial charge in [0.15, 0.2) is 0 Å². The van der Waals surface area contributed by atoms with Crippen LogP contribution in [0.25, 0.3) is 0 Å². The Morgan fingerprint density at radius 1 is 1.20 bits per heavy atom. The molecule has 1 heterocycles. The Balaban J connectivity index is 2.46. The molecule has 1 rings (SSSR count). The first-order chi connectivity index (χ1) is 4.61. The Kier molecular flexibility index (Phi) is 2.32. The number of aliphatic hydroxyl groups excluding tert-OH is 1. The molecule has 0 aromatic rings. The molecule has 10 heavy (non-hydrogen) atoms. The lowest BCUT2D eigenvalue weighted by atomic mass is 9.93. The van der Waals surface area contributed by atoms with Crippen molar-refractivity contribution in [3.63, 3.8) is 0 Å². The van der Waals surface area contributed by atoms with Gasteiger partial charge in [0.25, 0.3) is 0 Å². The standard InChI is InChI=1S/C8H16O2/c1-5-4-8(9)7(3)10-6(5)2/h5-9H,4H2,1-3H3/t5-,6?,7+,8?/m1/s1. The van der Waals surface area contributed by atoms with Crippen molar-refractivity contribution in [3.8, 4) is 0 Å². The third-order valence-electron chi connectivity index (χ3n) is 2.39. The summed E-state index contributed by atoms with van der Waals surface area (Å²) >= 11 is 0. The van der Waals surface area contributed by atoms with E-state index in [0.29, 0.717) is 12.0 Å². The van der Waals surface area contributed by atoms with E-state index < -0.39 is 0 Å². The van der Waals surface area contributed by atoms with Crippen LogP contribution in [-0.4, -0.2) is 23.4 Å². The average molecular weight is 144 g/mol. The van der Waals surface area contributed by atoms with Crippen molar-refractivity contribution in [1.29, 1.82) is 0 Å². The van der Waals surface area contributed by atoms with Gasteiger partial charge in [-0.25, -0.2) is 0 Å². The van der Waals surface area contributed by atoms with Gasteiger partial charge >= 0.3 is 0 Å². The minimum absolute atomic E-state index is 0.0196. The van der Waals surface area contributed by atoms with Crippen molar-refractivity contribution in [3.05, 3.63) is 0 Å². The lowest BCUT2D eigenvalue weighted by molar-refractivity contribution is -0.126. The Bertz CT molecular complexity index is 87.8. The average Bonchev–Trinajstić information content (AvgIpc) is 1.84. The Morgan fingerprint density at radius 2 is 1.80 bits per heavy atom. The number of hydrogen-bond donors (Lipinski definition) is 1. The SMILES string of the molecule is CC1O[C@@H](C)C(O)C[C@H]1C. The molecule has 1 aliphatic heterocycles. The highest BCUT2D eigenvalue weighted by Gasteiger charge is 2.29. The maximum atomic E-state index is 9.34. The van der Waals surface area contributed by atoms with E-state index in [-0.39, 0.29) is 12.2 Å². The van der Waals surface area contributed by atoms with Crippen LogP contribution < -0.4 is 0 Å². The summed E-state index contributed by atoms with van der Waals surface area (Å²) in [6.07, 6.45) is 0.943. The van der Waals surface area contributed by atoms with E-state index >= 15 is 0 Å². The summed E-state index contributed by atoms with van der Waals surface area (Å²) in [6, 6.07) is 0. The molecule has 0 aromatic heterocycles. The van der Waals surface area contributed by atoms with Gasteiger partial charge < -0.3 is 9.84 Å². The summed E-state index contributed by atoms with van der Waals surface area (Å²) in [4.78, 5) is 0. The van der Waals surface area contributed by atoms with E-state index in [0.717, 1.165) is 6.42 Å². The first-order valence-electron chi connectivity index (χ1n) is 3.94. The monoisotopic (exact) mass is 144 g/mol. The van der Waals surface area contributed by atoms with Gasteiger partial charge in [-0.05, 0) is 26.2 Å².